The van der Waals surface area contributed by atoms with Gasteiger partial charge in [-0.2, -0.15) is 0 Å². The van der Waals surface area contributed by atoms with Gasteiger partial charge in [0.15, 0.2) is 0 Å². The molecule has 0 aromatic heterocycles. The lowest BCUT2D eigenvalue weighted by Crippen LogP contribution is -2.19. The molecule has 51 heavy (non-hydrogen) atoms. The van der Waals surface area contributed by atoms with Gasteiger partial charge in [-0.15, -0.1) is 0 Å². The molecule has 0 aliphatic carbocycles. The smallest absolute Gasteiger partial charge is 0.123 e. The summed E-state index contributed by atoms with van der Waals surface area (Å²) in [7, 11) is 0. The largest absolute Gasteiger partial charge is 0.490 e. The van der Waals surface area contributed by atoms with Gasteiger partial charge >= 0.3 is 0 Å². The van der Waals surface area contributed by atoms with E-state index in [1.165, 1.54) is 50.1 Å². The Balaban J connectivity index is 1.43. The molecule has 3 heterocycles. The van der Waals surface area contributed by atoms with Gasteiger partial charge in [-0.25, -0.2) is 0 Å². The summed E-state index contributed by atoms with van der Waals surface area (Å²) in [6.07, 6.45) is 2.53. The molecule has 3 unspecified atom stereocenters. The molecular formula is C45H62O6. The molecule has 0 saturated carbocycles. The second-order valence-corrected chi connectivity index (χ2v) is 18.3. The van der Waals surface area contributed by atoms with Crippen molar-refractivity contribution in [3.05, 3.63) is 86.5 Å². The highest BCUT2D eigenvalue weighted by atomic mass is 16.6. The summed E-state index contributed by atoms with van der Waals surface area (Å²) in [5.41, 5.74) is 11.3. The Kier molecular flexibility index (Phi) is 10.6. The summed E-state index contributed by atoms with van der Waals surface area (Å²) in [6.45, 7) is 31.4. The van der Waals surface area contributed by atoms with Gasteiger partial charge in [0, 0.05) is 5.92 Å². The molecule has 3 atom stereocenters. The van der Waals surface area contributed by atoms with Gasteiger partial charge in [0.2, 0.25) is 0 Å². The number of ether oxygens (including phenoxy) is 6. The molecule has 3 aromatic rings. The second-order valence-electron chi connectivity index (χ2n) is 18.3. The van der Waals surface area contributed by atoms with Crippen molar-refractivity contribution < 1.29 is 28.4 Å². The minimum atomic E-state index is -0.0968. The standard InChI is InChI=1S/C45H62O6/c1-27-15-40(49-24-31-21-46-31)37(43(4,5)6)18-30(27)13-14-34(35-19-38(44(7,8)9)41(16-28(35)2)50-25-32-22-47-32)36-20-39(45(10,11)12)42(17-29(36)3)51-26-33-23-48-33/h15-20,31-34H,13-14,21-26H2,1-12H3. The summed E-state index contributed by atoms with van der Waals surface area (Å²) >= 11 is 0. The van der Waals surface area contributed by atoms with Crippen LogP contribution in [-0.4, -0.2) is 58.0 Å². The molecule has 3 aliphatic heterocycles. The highest BCUT2D eigenvalue weighted by Crippen LogP contribution is 2.44. The van der Waals surface area contributed by atoms with Crippen LogP contribution in [0.1, 0.15) is 125 Å². The third-order valence-electron chi connectivity index (χ3n) is 10.5. The molecule has 0 radical (unpaired) electrons. The minimum absolute atomic E-state index is 0.0549. The number of epoxide rings is 3. The van der Waals surface area contributed by atoms with Gasteiger partial charge < -0.3 is 28.4 Å². The minimum Gasteiger partial charge on any atom is -0.490 e. The van der Waals surface area contributed by atoms with Gasteiger partial charge in [0.05, 0.1) is 19.8 Å². The van der Waals surface area contributed by atoms with Crippen LogP contribution in [0.2, 0.25) is 0 Å². The predicted molar refractivity (Wildman–Crippen MR) is 206 cm³/mol. The monoisotopic (exact) mass is 698 g/mol. The summed E-state index contributed by atoms with van der Waals surface area (Å²) < 4.78 is 35.6. The van der Waals surface area contributed by atoms with Crippen LogP contribution in [-0.2, 0) is 36.9 Å². The van der Waals surface area contributed by atoms with Crippen LogP contribution in [0.5, 0.6) is 17.2 Å². The Morgan fingerprint density at radius 3 is 1.20 bits per heavy atom. The Hall–Kier alpha value is -3.06. The third kappa shape index (κ3) is 9.49. The molecular weight excluding hydrogens is 636 g/mol. The molecule has 6 nitrogen and oxygen atoms in total. The number of hydrogen-bond acceptors (Lipinski definition) is 6. The lowest BCUT2D eigenvalue weighted by molar-refractivity contribution is 0.258. The molecule has 3 saturated heterocycles. The van der Waals surface area contributed by atoms with Crippen molar-refractivity contribution in [3.8, 4) is 17.2 Å². The van der Waals surface area contributed by atoms with Crippen LogP contribution in [0.4, 0.5) is 0 Å². The number of rotatable bonds is 14. The van der Waals surface area contributed by atoms with Gasteiger partial charge in [0.1, 0.15) is 55.4 Å². The number of benzene rings is 3. The third-order valence-corrected chi connectivity index (χ3v) is 10.5. The second kappa shape index (κ2) is 14.4. The normalized spacial score (nSPS) is 20.6. The van der Waals surface area contributed by atoms with Crippen LogP contribution in [0.15, 0.2) is 36.4 Å². The van der Waals surface area contributed by atoms with E-state index in [-0.39, 0.29) is 40.5 Å². The quantitative estimate of drug-likeness (QED) is 0.156. The molecule has 3 fully saturated rings. The molecule has 0 spiro atoms. The first kappa shape index (κ1) is 37.7. The number of hydrogen-bond donors (Lipinski definition) is 0. The Labute approximate surface area is 307 Å². The zero-order valence-electron chi connectivity index (χ0n) is 33.4. The average molecular weight is 699 g/mol. The first-order valence-corrected chi connectivity index (χ1v) is 19.1. The van der Waals surface area contributed by atoms with Crippen molar-refractivity contribution in [1.29, 1.82) is 0 Å². The van der Waals surface area contributed by atoms with Crippen molar-refractivity contribution in [2.45, 2.75) is 136 Å². The lowest BCUT2D eigenvalue weighted by atomic mass is 9.75. The Bertz CT molecular complexity index is 1620. The Morgan fingerprint density at radius 2 is 0.863 bits per heavy atom. The van der Waals surface area contributed by atoms with Crippen LogP contribution < -0.4 is 14.2 Å². The van der Waals surface area contributed by atoms with Crippen LogP contribution in [0, 0.1) is 20.8 Å². The van der Waals surface area contributed by atoms with Gasteiger partial charge in [-0.1, -0.05) is 80.5 Å². The molecule has 278 valence electrons. The van der Waals surface area contributed by atoms with Crippen LogP contribution in [0.3, 0.4) is 0 Å². The van der Waals surface area contributed by atoms with Crippen LogP contribution >= 0.6 is 0 Å². The van der Waals surface area contributed by atoms with Gasteiger partial charge in [0.25, 0.3) is 0 Å². The Morgan fingerprint density at radius 1 is 0.529 bits per heavy atom. The molecule has 6 rings (SSSR count). The van der Waals surface area contributed by atoms with E-state index in [0.29, 0.717) is 19.8 Å². The maximum Gasteiger partial charge on any atom is 0.123 e. The van der Waals surface area contributed by atoms with E-state index >= 15 is 0 Å². The molecule has 0 N–H and O–H groups in total. The van der Waals surface area contributed by atoms with Crippen molar-refractivity contribution in [2.75, 3.05) is 39.6 Å². The van der Waals surface area contributed by atoms with E-state index < -0.39 is 0 Å². The fourth-order valence-corrected chi connectivity index (χ4v) is 7.08. The molecule has 0 amide bonds. The van der Waals surface area contributed by atoms with E-state index in [2.05, 4.69) is 119 Å². The zero-order valence-corrected chi connectivity index (χ0v) is 33.4. The fraction of sp³-hybridized carbons (Fsp3) is 0.600. The summed E-state index contributed by atoms with van der Waals surface area (Å²) in [4.78, 5) is 0. The highest BCUT2D eigenvalue weighted by molar-refractivity contribution is 5.54. The zero-order chi connectivity index (χ0) is 36.9. The summed E-state index contributed by atoms with van der Waals surface area (Å²) in [5, 5.41) is 0. The van der Waals surface area contributed by atoms with Crippen molar-refractivity contribution in [1.82, 2.24) is 0 Å². The van der Waals surface area contributed by atoms with Gasteiger partial charge in [-0.05, 0) is 118 Å². The molecule has 0 bridgehead atoms. The van der Waals surface area contributed by atoms with E-state index in [9.17, 15) is 0 Å². The first-order chi connectivity index (χ1) is 23.9. The molecule has 3 aromatic carbocycles. The fourth-order valence-electron chi connectivity index (χ4n) is 7.08. The summed E-state index contributed by atoms with van der Waals surface area (Å²) in [5.74, 6) is 3.07. The van der Waals surface area contributed by atoms with E-state index in [1.807, 2.05) is 0 Å². The average Bonchev–Trinajstić information content (AvgIpc) is 3.88. The van der Waals surface area contributed by atoms with Gasteiger partial charge in [-0.3, -0.25) is 0 Å². The summed E-state index contributed by atoms with van der Waals surface area (Å²) in [6, 6.07) is 14.1. The topological polar surface area (TPSA) is 65.3 Å². The van der Waals surface area contributed by atoms with E-state index in [1.54, 1.807) is 0 Å². The maximum atomic E-state index is 6.43. The lowest BCUT2D eigenvalue weighted by Gasteiger charge is -2.31. The van der Waals surface area contributed by atoms with Crippen molar-refractivity contribution in [3.63, 3.8) is 0 Å². The SMILES string of the molecule is Cc1cc(OCC2CO2)c(C(C)(C)C)cc1CCC(c1cc(C(C)(C)C)c(OCC2CO2)cc1C)c1cc(C(C)(C)C)c(OCC2CO2)cc1C. The van der Waals surface area contributed by atoms with Crippen molar-refractivity contribution in [2.24, 2.45) is 0 Å². The van der Waals surface area contributed by atoms with Crippen LogP contribution in [0.25, 0.3) is 0 Å². The highest BCUT2D eigenvalue weighted by Gasteiger charge is 2.32. The number of aryl methyl sites for hydroxylation is 4. The molecule has 3 aliphatic rings. The predicted octanol–water partition coefficient (Wildman–Crippen LogP) is 9.60. The first-order valence-electron chi connectivity index (χ1n) is 19.1. The van der Waals surface area contributed by atoms with Crippen molar-refractivity contribution >= 4 is 0 Å². The van der Waals surface area contributed by atoms with E-state index in [0.717, 1.165) is 49.9 Å². The molecule has 6 heteroatoms. The maximum absolute atomic E-state index is 6.43. The van der Waals surface area contributed by atoms with E-state index in [4.69, 9.17) is 28.4 Å².